The third kappa shape index (κ3) is 4.36. The summed E-state index contributed by atoms with van der Waals surface area (Å²) < 4.78 is 10.5. The van der Waals surface area contributed by atoms with Crippen molar-refractivity contribution >= 4 is 23.2 Å². The van der Waals surface area contributed by atoms with Crippen molar-refractivity contribution in [1.82, 2.24) is 0 Å². The zero-order valence-electron chi connectivity index (χ0n) is 14.0. The molecule has 1 aliphatic heterocycles. The first kappa shape index (κ1) is 17.0. The molecule has 1 atom stereocenters. The number of benzene rings is 2. The van der Waals surface area contributed by atoms with Gasteiger partial charge >= 0.3 is 0 Å². The van der Waals surface area contributed by atoms with E-state index in [9.17, 15) is 9.59 Å². The second-order valence-corrected chi connectivity index (χ2v) is 5.76. The average Bonchev–Trinajstić information content (AvgIpc) is 3.17. The quantitative estimate of drug-likeness (QED) is 0.877. The van der Waals surface area contributed by atoms with E-state index < -0.39 is 6.10 Å². The Hall–Kier alpha value is -2.86. The zero-order valence-corrected chi connectivity index (χ0v) is 14.0. The van der Waals surface area contributed by atoms with E-state index in [0.717, 1.165) is 12.8 Å². The summed E-state index contributed by atoms with van der Waals surface area (Å²) in [5.41, 5.74) is 1.66. The molecule has 0 radical (unpaired) electrons. The molecule has 2 aromatic rings. The number of nitrogens with one attached hydrogen (secondary N) is 2. The van der Waals surface area contributed by atoms with E-state index in [1.807, 2.05) is 0 Å². The molecule has 2 aromatic carbocycles. The van der Waals surface area contributed by atoms with Crippen molar-refractivity contribution in [2.24, 2.45) is 0 Å². The molecule has 1 saturated heterocycles. The summed E-state index contributed by atoms with van der Waals surface area (Å²) >= 11 is 0. The zero-order chi connectivity index (χ0) is 17.6. The number of carbonyl (C=O) groups is 2. The van der Waals surface area contributed by atoms with Crippen LogP contribution in [0.15, 0.2) is 48.5 Å². The van der Waals surface area contributed by atoms with Gasteiger partial charge in [0.1, 0.15) is 11.9 Å². The maximum atomic E-state index is 12.4. The largest absolute Gasteiger partial charge is 0.497 e. The third-order valence-corrected chi connectivity index (χ3v) is 3.94. The average molecular weight is 340 g/mol. The molecule has 1 heterocycles. The Labute approximate surface area is 146 Å². The van der Waals surface area contributed by atoms with Crippen LogP contribution in [0.25, 0.3) is 0 Å². The maximum Gasteiger partial charge on any atom is 0.255 e. The summed E-state index contributed by atoms with van der Waals surface area (Å²) in [6.45, 7) is 0.612. The molecule has 1 fully saturated rings. The normalized spacial score (nSPS) is 16.3. The van der Waals surface area contributed by atoms with E-state index >= 15 is 0 Å². The second-order valence-electron chi connectivity index (χ2n) is 5.76. The van der Waals surface area contributed by atoms with Gasteiger partial charge in [0.2, 0.25) is 0 Å². The first-order valence-electron chi connectivity index (χ1n) is 8.13. The number of ether oxygens (including phenoxy) is 2. The first-order chi connectivity index (χ1) is 12.2. The number of amides is 2. The van der Waals surface area contributed by atoms with Gasteiger partial charge in [-0.3, -0.25) is 9.59 Å². The molecule has 6 nitrogen and oxygen atoms in total. The lowest BCUT2D eigenvalue weighted by Gasteiger charge is -2.12. The standard InChI is InChI=1S/C19H20N2O4/c1-24-16-8-3-7-15(12-16)20-18(22)13-5-2-6-14(11-13)21-19(23)17-9-4-10-25-17/h2-3,5-8,11-12,17H,4,9-10H2,1H3,(H,20,22)(H,21,23)/t17-/m1/s1. The van der Waals surface area contributed by atoms with Crippen LogP contribution in [-0.2, 0) is 9.53 Å². The topological polar surface area (TPSA) is 76.7 Å². The summed E-state index contributed by atoms with van der Waals surface area (Å²) in [6, 6.07) is 13.9. The van der Waals surface area contributed by atoms with Crippen LogP contribution >= 0.6 is 0 Å². The predicted octanol–water partition coefficient (Wildman–Crippen LogP) is 3.07. The third-order valence-electron chi connectivity index (χ3n) is 3.94. The van der Waals surface area contributed by atoms with Gasteiger partial charge in [-0.15, -0.1) is 0 Å². The minimum Gasteiger partial charge on any atom is -0.497 e. The molecule has 6 heteroatoms. The number of hydrogen-bond acceptors (Lipinski definition) is 4. The molecule has 0 bridgehead atoms. The maximum absolute atomic E-state index is 12.4. The Morgan fingerprint density at radius 1 is 1.08 bits per heavy atom. The smallest absolute Gasteiger partial charge is 0.255 e. The summed E-state index contributed by atoms with van der Waals surface area (Å²) in [5.74, 6) is 0.222. The van der Waals surface area contributed by atoms with Crippen LogP contribution < -0.4 is 15.4 Å². The molecule has 0 unspecified atom stereocenters. The monoisotopic (exact) mass is 340 g/mol. The van der Waals surface area contributed by atoms with Crippen LogP contribution in [0.4, 0.5) is 11.4 Å². The molecule has 25 heavy (non-hydrogen) atoms. The molecular weight excluding hydrogens is 320 g/mol. The molecular formula is C19H20N2O4. The second kappa shape index (κ2) is 7.81. The van der Waals surface area contributed by atoms with Gasteiger partial charge in [-0.2, -0.15) is 0 Å². The molecule has 2 amide bonds. The Morgan fingerprint density at radius 3 is 2.56 bits per heavy atom. The van der Waals surface area contributed by atoms with Gasteiger partial charge < -0.3 is 20.1 Å². The highest BCUT2D eigenvalue weighted by atomic mass is 16.5. The molecule has 1 aliphatic rings. The number of carbonyl (C=O) groups excluding carboxylic acids is 2. The number of anilines is 2. The van der Waals surface area contributed by atoms with Gasteiger partial charge in [0, 0.05) is 29.6 Å². The van der Waals surface area contributed by atoms with Gasteiger partial charge in [0.15, 0.2) is 0 Å². The van der Waals surface area contributed by atoms with Crippen LogP contribution in [-0.4, -0.2) is 31.6 Å². The van der Waals surface area contributed by atoms with Crippen molar-refractivity contribution in [2.45, 2.75) is 18.9 Å². The van der Waals surface area contributed by atoms with Crippen molar-refractivity contribution < 1.29 is 19.1 Å². The molecule has 130 valence electrons. The number of methoxy groups -OCH3 is 1. The molecule has 0 aliphatic carbocycles. The summed E-state index contributed by atoms with van der Waals surface area (Å²) in [6.07, 6.45) is 1.21. The molecule has 0 spiro atoms. The van der Waals surface area contributed by atoms with Crippen LogP contribution in [0.1, 0.15) is 23.2 Å². The summed E-state index contributed by atoms with van der Waals surface area (Å²) in [5, 5.41) is 5.61. The Kier molecular flexibility index (Phi) is 5.30. The van der Waals surface area contributed by atoms with Gasteiger partial charge in [-0.1, -0.05) is 12.1 Å². The molecule has 3 rings (SSSR count). The van der Waals surface area contributed by atoms with E-state index in [-0.39, 0.29) is 11.8 Å². The minimum absolute atomic E-state index is 0.178. The predicted molar refractivity (Wildman–Crippen MR) is 95.0 cm³/mol. The first-order valence-corrected chi connectivity index (χ1v) is 8.13. The lowest BCUT2D eigenvalue weighted by Crippen LogP contribution is -2.27. The Bertz CT molecular complexity index is 770. The SMILES string of the molecule is COc1cccc(NC(=O)c2cccc(NC(=O)[C@H]3CCCO3)c2)c1. The van der Waals surface area contributed by atoms with Gasteiger partial charge in [-0.25, -0.2) is 0 Å². The highest BCUT2D eigenvalue weighted by molar-refractivity contribution is 6.05. The van der Waals surface area contributed by atoms with Crippen molar-refractivity contribution in [2.75, 3.05) is 24.4 Å². The van der Waals surface area contributed by atoms with Gasteiger partial charge in [0.25, 0.3) is 11.8 Å². The number of hydrogen-bond donors (Lipinski definition) is 2. The highest BCUT2D eigenvalue weighted by Crippen LogP contribution is 2.19. The minimum atomic E-state index is -0.408. The van der Waals surface area contributed by atoms with E-state index in [2.05, 4.69) is 10.6 Å². The van der Waals surface area contributed by atoms with Crippen molar-refractivity contribution in [3.8, 4) is 5.75 Å². The fraction of sp³-hybridized carbons (Fsp3) is 0.263. The highest BCUT2D eigenvalue weighted by Gasteiger charge is 2.23. The lowest BCUT2D eigenvalue weighted by atomic mass is 10.1. The van der Waals surface area contributed by atoms with Crippen molar-refractivity contribution in [3.63, 3.8) is 0 Å². The van der Waals surface area contributed by atoms with Crippen LogP contribution in [0.2, 0.25) is 0 Å². The van der Waals surface area contributed by atoms with E-state index in [1.165, 1.54) is 0 Å². The molecule has 0 aromatic heterocycles. The van der Waals surface area contributed by atoms with Crippen LogP contribution in [0, 0.1) is 0 Å². The van der Waals surface area contributed by atoms with E-state index in [0.29, 0.717) is 29.3 Å². The summed E-state index contributed by atoms with van der Waals surface area (Å²) in [7, 11) is 1.57. The fourth-order valence-electron chi connectivity index (χ4n) is 2.65. The fourth-order valence-corrected chi connectivity index (χ4v) is 2.65. The summed E-state index contributed by atoms with van der Waals surface area (Å²) in [4.78, 5) is 24.5. The van der Waals surface area contributed by atoms with Crippen LogP contribution in [0.5, 0.6) is 5.75 Å². The Balaban J connectivity index is 1.67. The van der Waals surface area contributed by atoms with E-state index in [1.54, 1.807) is 55.6 Å². The Morgan fingerprint density at radius 2 is 1.84 bits per heavy atom. The van der Waals surface area contributed by atoms with Gasteiger partial charge in [-0.05, 0) is 43.2 Å². The van der Waals surface area contributed by atoms with Gasteiger partial charge in [0.05, 0.1) is 7.11 Å². The van der Waals surface area contributed by atoms with E-state index in [4.69, 9.17) is 9.47 Å². The van der Waals surface area contributed by atoms with Crippen LogP contribution in [0.3, 0.4) is 0 Å². The lowest BCUT2D eigenvalue weighted by molar-refractivity contribution is -0.124. The van der Waals surface area contributed by atoms with Crippen molar-refractivity contribution in [1.29, 1.82) is 0 Å². The molecule has 0 saturated carbocycles. The number of rotatable bonds is 5. The van der Waals surface area contributed by atoms with Crippen molar-refractivity contribution in [3.05, 3.63) is 54.1 Å². The molecule has 2 N–H and O–H groups in total.